The molecule has 2 aliphatic rings. The minimum absolute atomic E-state index is 0.253. The summed E-state index contributed by atoms with van der Waals surface area (Å²) < 4.78 is 0. The molecule has 1 aromatic carbocycles. The van der Waals surface area contributed by atoms with Gasteiger partial charge in [-0.05, 0) is 37.9 Å². The number of benzene rings is 1. The second-order valence-corrected chi connectivity index (χ2v) is 6.01. The number of hydrogen-bond donors (Lipinski definition) is 1. The van der Waals surface area contributed by atoms with Gasteiger partial charge in [0.25, 0.3) is 0 Å². The molecule has 1 aromatic rings. The lowest BCUT2D eigenvalue weighted by Crippen LogP contribution is -2.42. The monoisotopic (exact) mass is 272 g/mol. The second-order valence-electron chi connectivity index (χ2n) is 6.01. The van der Waals surface area contributed by atoms with Gasteiger partial charge in [0.1, 0.15) is 0 Å². The summed E-state index contributed by atoms with van der Waals surface area (Å²) in [7, 11) is 2.00. The topological polar surface area (TPSA) is 32.3 Å². The number of para-hydroxylation sites is 1. The molecule has 3 rings (SSSR count). The summed E-state index contributed by atoms with van der Waals surface area (Å²) in [6, 6.07) is 8.73. The van der Waals surface area contributed by atoms with Gasteiger partial charge in [-0.15, -0.1) is 0 Å². The van der Waals surface area contributed by atoms with E-state index in [0.717, 1.165) is 31.5 Å². The van der Waals surface area contributed by atoms with Gasteiger partial charge in [0.2, 0.25) is 5.91 Å². The molecule has 1 atom stereocenters. The molecular weight excluding hydrogens is 248 g/mol. The van der Waals surface area contributed by atoms with Crippen LogP contribution >= 0.6 is 0 Å². The van der Waals surface area contributed by atoms with Gasteiger partial charge >= 0.3 is 0 Å². The molecule has 20 heavy (non-hydrogen) atoms. The Labute approximate surface area is 121 Å². The van der Waals surface area contributed by atoms with Crippen molar-refractivity contribution in [3.63, 3.8) is 0 Å². The normalized spacial score (nSPS) is 23.4. The molecule has 108 valence electrons. The van der Waals surface area contributed by atoms with Crippen molar-refractivity contribution in [2.75, 3.05) is 18.5 Å². The molecule has 1 amide bonds. The lowest BCUT2D eigenvalue weighted by atomic mass is 9.87. The average Bonchev–Trinajstić information content (AvgIpc) is 2.54. The van der Waals surface area contributed by atoms with E-state index in [1.807, 2.05) is 18.0 Å². The molecule has 0 spiro atoms. The van der Waals surface area contributed by atoms with Crippen LogP contribution in [0.3, 0.4) is 0 Å². The van der Waals surface area contributed by atoms with E-state index in [1.165, 1.54) is 24.8 Å². The molecular formula is C17H24N2O. The molecule has 1 saturated carbocycles. The highest BCUT2D eigenvalue weighted by atomic mass is 16.2. The predicted octanol–water partition coefficient (Wildman–Crippen LogP) is 3.26. The third kappa shape index (κ3) is 2.47. The van der Waals surface area contributed by atoms with E-state index in [1.54, 1.807) is 0 Å². The van der Waals surface area contributed by atoms with Gasteiger partial charge < -0.3 is 10.2 Å². The van der Waals surface area contributed by atoms with Crippen LogP contribution in [0.15, 0.2) is 24.3 Å². The molecule has 0 aromatic heterocycles. The minimum Gasteiger partial charge on any atom is -0.313 e. The number of fused-ring (bicyclic) bond motifs is 1. The van der Waals surface area contributed by atoms with Crippen LogP contribution in [0.4, 0.5) is 5.69 Å². The third-order valence-electron chi connectivity index (χ3n) is 4.81. The molecule has 0 saturated heterocycles. The van der Waals surface area contributed by atoms with Gasteiger partial charge in [-0.2, -0.15) is 0 Å². The van der Waals surface area contributed by atoms with Crippen LogP contribution in [0.5, 0.6) is 0 Å². The first-order valence-electron chi connectivity index (χ1n) is 7.89. The van der Waals surface area contributed by atoms with Gasteiger partial charge in [-0.1, -0.05) is 37.5 Å². The van der Waals surface area contributed by atoms with Crippen molar-refractivity contribution in [3.8, 4) is 0 Å². The zero-order valence-electron chi connectivity index (χ0n) is 12.3. The van der Waals surface area contributed by atoms with Crippen molar-refractivity contribution in [3.05, 3.63) is 29.8 Å². The number of rotatable bonds is 2. The maximum Gasteiger partial charge on any atom is 0.230 e. The number of hydrogen-bond acceptors (Lipinski definition) is 2. The van der Waals surface area contributed by atoms with Crippen molar-refractivity contribution < 1.29 is 4.79 Å². The van der Waals surface area contributed by atoms with E-state index < -0.39 is 0 Å². The van der Waals surface area contributed by atoms with E-state index in [2.05, 4.69) is 23.5 Å². The fourth-order valence-corrected chi connectivity index (χ4v) is 3.66. The van der Waals surface area contributed by atoms with Crippen LogP contribution < -0.4 is 10.2 Å². The van der Waals surface area contributed by atoms with Crippen molar-refractivity contribution >= 4 is 11.6 Å². The van der Waals surface area contributed by atoms with E-state index >= 15 is 0 Å². The summed E-state index contributed by atoms with van der Waals surface area (Å²) in [5.74, 6) is 0.606. The Balaban J connectivity index is 1.85. The third-order valence-corrected chi connectivity index (χ3v) is 4.81. The fraction of sp³-hybridized carbons (Fsp3) is 0.588. The maximum atomic E-state index is 12.8. The van der Waals surface area contributed by atoms with E-state index in [-0.39, 0.29) is 5.92 Å². The zero-order valence-corrected chi connectivity index (χ0v) is 12.3. The Kier molecular flexibility index (Phi) is 4.06. The van der Waals surface area contributed by atoms with Gasteiger partial charge in [0, 0.05) is 24.2 Å². The largest absolute Gasteiger partial charge is 0.313 e. The van der Waals surface area contributed by atoms with E-state index in [0.29, 0.717) is 11.9 Å². The van der Waals surface area contributed by atoms with Crippen LogP contribution in [0.2, 0.25) is 0 Å². The van der Waals surface area contributed by atoms with Crippen LogP contribution in [0, 0.1) is 5.92 Å². The predicted molar refractivity (Wildman–Crippen MR) is 81.8 cm³/mol. The number of anilines is 1. The summed E-state index contributed by atoms with van der Waals surface area (Å²) in [5.41, 5.74) is 2.39. The van der Waals surface area contributed by atoms with E-state index in [4.69, 9.17) is 0 Å². The summed E-state index contributed by atoms with van der Waals surface area (Å²) in [4.78, 5) is 14.9. The van der Waals surface area contributed by atoms with Gasteiger partial charge in [-0.25, -0.2) is 0 Å². The first-order valence-corrected chi connectivity index (χ1v) is 7.89. The molecule has 0 bridgehead atoms. The lowest BCUT2D eigenvalue weighted by molar-refractivity contribution is -0.123. The summed E-state index contributed by atoms with van der Waals surface area (Å²) in [5, 5.41) is 3.36. The lowest BCUT2D eigenvalue weighted by Gasteiger charge is -2.36. The molecule has 0 radical (unpaired) electrons. The number of nitrogens with one attached hydrogen (secondary N) is 1. The van der Waals surface area contributed by atoms with Crippen molar-refractivity contribution in [1.82, 2.24) is 5.32 Å². The SMILES string of the molecule is CNC1CCN(C(=O)C2CCCCC2)c2ccccc21. The number of amides is 1. The zero-order chi connectivity index (χ0) is 13.9. The highest BCUT2D eigenvalue weighted by molar-refractivity contribution is 5.96. The highest BCUT2D eigenvalue weighted by Crippen LogP contribution is 2.36. The van der Waals surface area contributed by atoms with E-state index in [9.17, 15) is 4.79 Å². The molecule has 1 heterocycles. The Morgan fingerprint density at radius 2 is 1.90 bits per heavy atom. The molecule has 3 heteroatoms. The quantitative estimate of drug-likeness (QED) is 0.896. The Morgan fingerprint density at radius 3 is 2.65 bits per heavy atom. The molecule has 1 N–H and O–H groups in total. The smallest absolute Gasteiger partial charge is 0.230 e. The number of carbonyl (C=O) groups excluding carboxylic acids is 1. The first-order chi connectivity index (χ1) is 9.81. The Morgan fingerprint density at radius 1 is 1.15 bits per heavy atom. The average molecular weight is 272 g/mol. The van der Waals surface area contributed by atoms with Crippen molar-refractivity contribution in [2.24, 2.45) is 5.92 Å². The minimum atomic E-state index is 0.253. The van der Waals surface area contributed by atoms with Crippen LogP contribution in [0.25, 0.3) is 0 Å². The number of carbonyl (C=O) groups is 1. The number of nitrogens with zero attached hydrogens (tertiary/aromatic N) is 1. The van der Waals surface area contributed by atoms with Crippen LogP contribution in [-0.2, 0) is 4.79 Å². The van der Waals surface area contributed by atoms with Gasteiger partial charge in [0.15, 0.2) is 0 Å². The molecule has 1 unspecified atom stereocenters. The van der Waals surface area contributed by atoms with Gasteiger partial charge in [0.05, 0.1) is 0 Å². The Hall–Kier alpha value is -1.35. The molecule has 1 aliphatic carbocycles. The Bertz CT molecular complexity index is 480. The second kappa shape index (κ2) is 5.96. The standard InChI is InChI=1S/C17H24N2O/c1-18-15-11-12-19(16-10-6-5-9-14(15)16)17(20)13-7-3-2-4-8-13/h5-6,9-10,13,15,18H,2-4,7-8,11-12H2,1H3. The van der Waals surface area contributed by atoms with Crippen LogP contribution in [-0.4, -0.2) is 19.5 Å². The van der Waals surface area contributed by atoms with Crippen molar-refractivity contribution in [1.29, 1.82) is 0 Å². The molecule has 3 nitrogen and oxygen atoms in total. The van der Waals surface area contributed by atoms with Crippen LogP contribution in [0.1, 0.15) is 50.1 Å². The van der Waals surface area contributed by atoms with Crippen molar-refractivity contribution in [2.45, 2.75) is 44.6 Å². The maximum absolute atomic E-state index is 12.8. The first kappa shape index (κ1) is 13.6. The molecule has 1 aliphatic heterocycles. The van der Waals surface area contributed by atoms with Gasteiger partial charge in [-0.3, -0.25) is 4.79 Å². The summed E-state index contributed by atoms with van der Waals surface area (Å²) in [6.07, 6.45) is 6.88. The summed E-state index contributed by atoms with van der Waals surface area (Å²) in [6.45, 7) is 0.845. The highest BCUT2D eigenvalue weighted by Gasteiger charge is 2.32. The molecule has 1 fully saturated rings. The summed E-state index contributed by atoms with van der Waals surface area (Å²) >= 11 is 0. The fourth-order valence-electron chi connectivity index (χ4n) is 3.66.